The fraction of sp³-hybridized carbons (Fsp3) is 0. The fourth-order valence-corrected chi connectivity index (χ4v) is 9.46. The molecule has 0 aliphatic heterocycles. The maximum absolute atomic E-state index is 6.55. The predicted octanol–water partition coefficient (Wildman–Crippen LogP) is 16.3. The van der Waals surface area contributed by atoms with Crippen molar-refractivity contribution in [2.75, 3.05) is 4.90 Å². The van der Waals surface area contributed by atoms with Crippen molar-refractivity contribution in [2.24, 2.45) is 0 Å². The van der Waals surface area contributed by atoms with E-state index in [9.17, 15) is 0 Å². The van der Waals surface area contributed by atoms with E-state index in [0.29, 0.717) is 0 Å². The Hall–Kier alpha value is -8.14. The highest BCUT2D eigenvalue weighted by Crippen LogP contribution is 2.45. The lowest BCUT2D eigenvalue weighted by atomic mass is 9.95. The highest BCUT2D eigenvalue weighted by atomic mass is 16.3. The topological polar surface area (TPSA) is 21.3 Å². The van der Waals surface area contributed by atoms with Gasteiger partial charge in [-0.15, -0.1) is 0 Å². The van der Waals surface area contributed by atoms with E-state index in [2.05, 4.69) is 228 Å². The molecule has 0 aliphatic rings. The number of fused-ring (bicyclic) bond motifs is 7. The van der Waals surface area contributed by atoms with Gasteiger partial charge in [-0.25, -0.2) is 0 Å². The summed E-state index contributed by atoms with van der Waals surface area (Å²) in [5.41, 5.74) is 15.4. The Kier molecular flexibility index (Phi) is 8.17. The summed E-state index contributed by atoms with van der Waals surface area (Å²) < 4.78 is 8.96. The Balaban J connectivity index is 1.04. The van der Waals surface area contributed by atoms with E-state index in [1.807, 2.05) is 12.1 Å². The van der Waals surface area contributed by atoms with Crippen LogP contribution in [0.4, 0.5) is 17.1 Å². The number of furan rings is 1. The average molecular weight is 779 g/mol. The fourth-order valence-electron chi connectivity index (χ4n) is 9.46. The summed E-state index contributed by atoms with van der Waals surface area (Å²) >= 11 is 0. The average Bonchev–Trinajstić information content (AvgIpc) is 3.88. The van der Waals surface area contributed by atoms with Gasteiger partial charge in [0.25, 0.3) is 0 Å². The van der Waals surface area contributed by atoms with Gasteiger partial charge in [-0.2, -0.15) is 0 Å². The van der Waals surface area contributed by atoms with Gasteiger partial charge in [-0.1, -0.05) is 176 Å². The van der Waals surface area contributed by atoms with Gasteiger partial charge in [0.15, 0.2) is 0 Å². The van der Waals surface area contributed by atoms with E-state index in [4.69, 9.17) is 4.42 Å². The van der Waals surface area contributed by atoms with Crippen LogP contribution in [0.1, 0.15) is 0 Å². The lowest BCUT2D eigenvalue weighted by molar-refractivity contribution is 0.670. The van der Waals surface area contributed by atoms with Gasteiger partial charge in [-0.05, 0) is 82.1 Å². The third kappa shape index (κ3) is 5.74. The molecule has 12 aromatic rings. The third-order valence-electron chi connectivity index (χ3n) is 12.2. The number of benzene rings is 10. The maximum atomic E-state index is 6.55. The molecule has 10 aromatic carbocycles. The summed E-state index contributed by atoms with van der Waals surface area (Å²) in [6, 6.07) is 82.9. The van der Waals surface area contributed by atoms with Crippen LogP contribution in [0.5, 0.6) is 0 Å². The Morgan fingerprint density at radius 2 is 0.918 bits per heavy atom. The Morgan fingerprint density at radius 1 is 0.344 bits per heavy atom. The van der Waals surface area contributed by atoms with Crippen molar-refractivity contribution < 1.29 is 4.42 Å². The zero-order chi connectivity index (χ0) is 40.3. The van der Waals surface area contributed by atoms with Gasteiger partial charge < -0.3 is 13.9 Å². The normalized spacial score (nSPS) is 11.6. The van der Waals surface area contributed by atoms with Crippen LogP contribution in [0.15, 0.2) is 235 Å². The van der Waals surface area contributed by atoms with Crippen molar-refractivity contribution in [1.82, 2.24) is 4.57 Å². The van der Waals surface area contributed by atoms with Crippen LogP contribution in [0.3, 0.4) is 0 Å². The lowest BCUT2D eigenvalue weighted by Crippen LogP contribution is -2.11. The number of hydrogen-bond acceptors (Lipinski definition) is 2. The van der Waals surface area contributed by atoms with Gasteiger partial charge in [0, 0.05) is 49.6 Å². The van der Waals surface area contributed by atoms with Crippen molar-refractivity contribution in [1.29, 1.82) is 0 Å². The molecule has 0 aliphatic carbocycles. The van der Waals surface area contributed by atoms with Crippen molar-refractivity contribution >= 4 is 71.6 Å². The molecule has 0 unspecified atom stereocenters. The van der Waals surface area contributed by atoms with E-state index < -0.39 is 0 Å². The molecule has 0 fully saturated rings. The second kappa shape index (κ2) is 14.3. The van der Waals surface area contributed by atoms with Gasteiger partial charge in [0.1, 0.15) is 11.2 Å². The number of hydrogen-bond donors (Lipinski definition) is 0. The number of rotatable bonds is 7. The summed E-state index contributed by atoms with van der Waals surface area (Å²) in [6.45, 7) is 0. The van der Waals surface area contributed by atoms with Crippen LogP contribution >= 0.6 is 0 Å². The molecule has 2 aromatic heterocycles. The van der Waals surface area contributed by atoms with E-state index in [1.54, 1.807) is 0 Å². The van der Waals surface area contributed by atoms with E-state index in [1.165, 1.54) is 43.7 Å². The summed E-state index contributed by atoms with van der Waals surface area (Å²) in [5, 5.41) is 7.19. The molecule has 3 nitrogen and oxygen atoms in total. The molecule has 12 rings (SSSR count). The minimum atomic E-state index is 0.895. The maximum Gasteiger partial charge on any atom is 0.143 e. The minimum absolute atomic E-state index is 0.895. The van der Waals surface area contributed by atoms with Gasteiger partial charge in [-0.3, -0.25) is 0 Å². The number of anilines is 3. The molecule has 61 heavy (non-hydrogen) atoms. The first-order valence-corrected chi connectivity index (χ1v) is 20.8. The third-order valence-corrected chi connectivity index (χ3v) is 12.2. The summed E-state index contributed by atoms with van der Waals surface area (Å²) in [5.74, 6) is 0. The first kappa shape index (κ1) is 34.9. The quantitative estimate of drug-likeness (QED) is 0.161. The standard InChI is InChI=1S/C58H38N2O/c1-2-20-44-39(16-1)17-14-27-47(44)48-22-4-9-30-54(48)59(43-19-13-18-41(38-43)46-26-15-28-52-51-25-7-12-33-57(51)61-58(46)52)42-36-34-40(35-37-42)45-21-3-8-29-53(45)60-55-31-10-5-23-49(55)50-24-6-11-32-56(50)60/h1-38H. The molecule has 0 N–H and O–H groups in total. The minimum Gasteiger partial charge on any atom is -0.455 e. The van der Waals surface area contributed by atoms with Crippen molar-refractivity contribution in [2.45, 2.75) is 0 Å². The van der Waals surface area contributed by atoms with Crippen LogP contribution in [0.25, 0.3) is 93.6 Å². The van der Waals surface area contributed by atoms with Crippen molar-refractivity contribution in [3.05, 3.63) is 231 Å². The molecule has 0 bridgehead atoms. The van der Waals surface area contributed by atoms with Crippen LogP contribution in [-0.2, 0) is 0 Å². The van der Waals surface area contributed by atoms with Crippen LogP contribution < -0.4 is 4.90 Å². The number of nitrogens with zero attached hydrogens (tertiary/aromatic N) is 2. The summed E-state index contributed by atoms with van der Waals surface area (Å²) in [4.78, 5) is 2.40. The Morgan fingerprint density at radius 3 is 1.74 bits per heavy atom. The molecule has 0 saturated carbocycles. The number of aromatic nitrogens is 1. The van der Waals surface area contributed by atoms with Gasteiger partial charge in [0.05, 0.1) is 22.4 Å². The smallest absolute Gasteiger partial charge is 0.143 e. The molecule has 0 spiro atoms. The largest absolute Gasteiger partial charge is 0.455 e. The van der Waals surface area contributed by atoms with Crippen molar-refractivity contribution in [3.63, 3.8) is 0 Å². The first-order chi connectivity index (χ1) is 30.3. The molecule has 0 radical (unpaired) electrons. The summed E-state index contributed by atoms with van der Waals surface area (Å²) in [6.07, 6.45) is 0. The van der Waals surface area contributed by atoms with Gasteiger partial charge >= 0.3 is 0 Å². The Labute approximate surface area is 353 Å². The molecule has 2 heterocycles. The zero-order valence-corrected chi connectivity index (χ0v) is 33.2. The van der Waals surface area contributed by atoms with Crippen LogP contribution in [0.2, 0.25) is 0 Å². The second-order valence-electron chi connectivity index (χ2n) is 15.6. The highest BCUT2D eigenvalue weighted by Gasteiger charge is 2.21. The molecule has 0 saturated heterocycles. The predicted molar refractivity (Wildman–Crippen MR) is 257 cm³/mol. The molecule has 0 atom stereocenters. The van der Waals surface area contributed by atoms with E-state index in [0.717, 1.165) is 66.9 Å². The molecular formula is C58H38N2O. The zero-order valence-electron chi connectivity index (χ0n) is 33.2. The molecule has 3 heteroatoms. The molecular weight excluding hydrogens is 741 g/mol. The highest BCUT2D eigenvalue weighted by molar-refractivity contribution is 6.11. The van der Waals surface area contributed by atoms with Crippen LogP contribution in [0, 0.1) is 0 Å². The Bertz CT molecular complexity index is 3550. The molecule has 286 valence electrons. The van der Waals surface area contributed by atoms with Crippen molar-refractivity contribution in [3.8, 4) is 39.1 Å². The van der Waals surface area contributed by atoms with E-state index in [-0.39, 0.29) is 0 Å². The second-order valence-corrected chi connectivity index (χ2v) is 15.6. The summed E-state index contributed by atoms with van der Waals surface area (Å²) in [7, 11) is 0. The first-order valence-electron chi connectivity index (χ1n) is 20.8. The SMILES string of the molecule is c1cc(-c2cccc3c2oc2ccccc23)cc(N(c2ccc(-c3ccccc3-n3c4ccccc4c4ccccc43)cc2)c2ccccc2-c2cccc3ccccc23)c1. The van der Waals surface area contributed by atoms with Gasteiger partial charge in [0.2, 0.25) is 0 Å². The lowest BCUT2D eigenvalue weighted by Gasteiger charge is -2.29. The van der Waals surface area contributed by atoms with Crippen LogP contribution in [-0.4, -0.2) is 4.57 Å². The monoisotopic (exact) mass is 778 g/mol. The molecule has 0 amide bonds. The van der Waals surface area contributed by atoms with E-state index >= 15 is 0 Å². The number of para-hydroxylation sites is 6.